The molecule has 0 bridgehead atoms. The van der Waals surface area contributed by atoms with Crippen LogP contribution in [0.15, 0.2) is 79.1 Å². The second kappa shape index (κ2) is 12.6. The number of benzene rings is 3. The lowest BCUT2D eigenvalue weighted by atomic mass is 9.96. The summed E-state index contributed by atoms with van der Waals surface area (Å²) in [6.45, 7) is 1.03. The largest absolute Gasteiger partial charge is 0.416 e. The molecule has 2 N–H and O–H groups in total. The number of nitrogens with zero attached hydrogens (tertiary/aromatic N) is 2. The molecule has 4 rings (SSSR count). The van der Waals surface area contributed by atoms with Gasteiger partial charge in [0.1, 0.15) is 12.1 Å². The Morgan fingerprint density at radius 2 is 1.74 bits per heavy atom. The first-order valence-corrected chi connectivity index (χ1v) is 12.4. The summed E-state index contributed by atoms with van der Waals surface area (Å²) in [5.74, 6) is 6.87. The van der Waals surface area contributed by atoms with E-state index in [4.69, 9.17) is 11.6 Å². The van der Waals surface area contributed by atoms with E-state index in [0.29, 0.717) is 28.5 Å². The molecule has 8 heteroatoms. The third kappa shape index (κ3) is 7.58. The Morgan fingerprint density at radius 3 is 2.55 bits per heavy atom. The summed E-state index contributed by atoms with van der Waals surface area (Å²) >= 11 is 6.34. The highest BCUT2D eigenvalue weighted by atomic mass is 35.5. The van der Waals surface area contributed by atoms with Gasteiger partial charge >= 0.3 is 6.18 Å². The summed E-state index contributed by atoms with van der Waals surface area (Å²) < 4.78 is 39.1. The smallest absolute Gasteiger partial charge is 0.366 e. The Labute approximate surface area is 225 Å². The van der Waals surface area contributed by atoms with Crippen LogP contribution in [0.2, 0.25) is 5.02 Å². The van der Waals surface area contributed by atoms with Gasteiger partial charge in [-0.05, 0) is 66.6 Å². The van der Waals surface area contributed by atoms with Crippen molar-refractivity contribution >= 4 is 17.4 Å². The van der Waals surface area contributed by atoms with Gasteiger partial charge in [-0.1, -0.05) is 53.8 Å². The molecular formula is C30H26ClF3N4. The summed E-state index contributed by atoms with van der Waals surface area (Å²) in [6, 6.07) is 20.8. The molecule has 1 heterocycles. The first-order valence-electron chi connectivity index (χ1n) is 12.0. The van der Waals surface area contributed by atoms with E-state index in [1.54, 1.807) is 12.1 Å². The zero-order valence-corrected chi connectivity index (χ0v) is 21.5. The molecule has 0 fully saturated rings. The minimum Gasteiger partial charge on any atom is -0.366 e. The van der Waals surface area contributed by atoms with Crippen LogP contribution < -0.4 is 10.6 Å². The highest BCUT2D eigenvalue weighted by molar-refractivity contribution is 6.30. The number of aromatic nitrogens is 2. The van der Waals surface area contributed by atoms with Crippen LogP contribution in [0, 0.1) is 11.8 Å². The van der Waals surface area contributed by atoms with E-state index in [1.165, 1.54) is 12.4 Å². The van der Waals surface area contributed by atoms with E-state index in [2.05, 4.69) is 44.6 Å². The van der Waals surface area contributed by atoms with E-state index in [1.807, 2.05) is 37.4 Å². The Balaban J connectivity index is 1.54. The lowest BCUT2D eigenvalue weighted by Gasteiger charge is -2.13. The topological polar surface area (TPSA) is 49.8 Å². The van der Waals surface area contributed by atoms with Crippen LogP contribution in [-0.4, -0.2) is 23.6 Å². The molecule has 0 spiro atoms. The molecule has 0 aliphatic heterocycles. The normalized spacial score (nSPS) is 11.1. The molecular weight excluding hydrogens is 509 g/mol. The second-order valence-corrected chi connectivity index (χ2v) is 9.11. The number of nitrogens with one attached hydrogen (secondary N) is 2. The third-order valence-electron chi connectivity index (χ3n) is 5.80. The van der Waals surface area contributed by atoms with Gasteiger partial charge in [0.2, 0.25) is 0 Å². The van der Waals surface area contributed by atoms with Crippen molar-refractivity contribution in [2.75, 3.05) is 18.9 Å². The van der Waals surface area contributed by atoms with Crippen LogP contribution in [0.1, 0.15) is 34.2 Å². The van der Waals surface area contributed by atoms with Crippen molar-refractivity contribution in [2.24, 2.45) is 0 Å². The number of hydrogen-bond acceptors (Lipinski definition) is 4. The molecule has 4 nitrogen and oxygen atoms in total. The zero-order chi connectivity index (χ0) is 27.0. The molecule has 0 saturated carbocycles. The molecule has 0 radical (unpaired) electrons. The van der Waals surface area contributed by atoms with E-state index in [0.717, 1.165) is 47.4 Å². The summed E-state index contributed by atoms with van der Waals surface area (Å²) in [5, 5.41) is 6.76. The SMILES string of the molecule is CNCCC#Cc1cccc(Cc2ccc(Cl)cc2-c2cc(NCc3cccc(C(F)(F)F)c3)ncn2)c1. The average molecular weight is 535 g/mol. The van der Waals surface area contributed by atoms with E-state index >= 15 is 0 Å². The molecule has 0 atom stereocenters. The summed E-state index contributed by atoms with van der Waals surface area (Å²) in [7, 11) is 1.90. The number of halogens is 4. The molecule has 38 heavy (non-hydrogen) atoms. The van der Waals surface area contributed by atoms with Gasteiger partial charge in [-0.2, -0.15) is 13.2 Å². The van der Waals surface area contributed by atoms with E-state index in [-0.39, 0.29) is 6.54 Å². The summed E-state index contributed by atoms with van der Waals surface area (Å²) in [6.07, 6.45) is -1.54. The first kappa shape index (κ1) is 27.2. The van der Waals surface area contributed by atoms with Crippen molar-refractivity contribution in [3.63, 3.8) is 0 Å². The van der Waals surface area contributed by atoms with Crippen molar-refractivity contribution in [2.45, 2.75) is 25.6 Å². The minimum absolute atomic E-state index is 0.185. The minimum atomic E-state index is -4.39. The Morgan fingerprint density at radius 1 is 0.921 bits per heavy atom. The lowest BCUT2D eigenvalue weighted by Crippen LogP contribution is -2.07. The van der Waals surface area contributed by atoms with Gasteiger partial charge in [-0.15, -0.1) is 0 Å². The fourth-order valence-electron chi connectivity index (χ4n) is 3.92. The number of alkyl halides is 3. The highest BCUT2D eigenvalue weighted by Gasteiger charge is 2.30. The molecule has 0 aliphatic carbocycles. The highest BCUT2D eigenvalue weighted by Crippen LogP contribution is 2.31. The predicted octanol–water partition coefficient (Wildman–Crippen LogP) is 6.98. The van der Waals surface area contributed by atoms with Crippen LogP contribution >= 0.6 is 11.6 Å². The van der Waals surface area contributed by atoms with E-state index < -0.39 is 11.7 Å². The van der Waals surface area contributed by atoms with Gasteiger partial charge in [-0.3, -0.25) is 0 Å². The fourth-order valence-corrected chi connectivity index (χ4v) is 4.10. The molecule has 4 aromatic rings. The van der Waals surface area contributed by atoms with Crippen LogP contribution in [0.3, 0.4) is 0 Å². The Hall–Kier alpha value is -3.86. The zero-order valence-electron chi connectivity index (χ0n) is 20.7. The quantitative estimate of drug-likeness (QED) is 0.189. The molecule has 0 aliphatic rings. The maximum atomic E-state index is 13.0. The van der Waals surface area contributed by atoms with Crippen molar-refractivity contribution in [1.82, 2.24) is 15.3 Å². The molecule has 0 amide bonds. The van der Waals surface area contributed by atoms with Crippen molar-refractivity contribution in [3.8, 4) is 23.1 Å². The first-order chi connectivity index (χ1) is 18.3. The number of hydrogen-bond donors (Lipinski definition) is 2. The van der Waals surface area contributed by atoms with Crippen LogP contribution in [-0.2, 0) is 19.1 Å². The van der Waals surface area contributed by atoms with Crippen molar-refractivity contribution in [3.05, 3.63) is 112 Å². The van der Waals surface area contributed by atoms with Gasteiger partial charge in [-0.25, -0.2) is 9.97 Å². The van der Waals surface area contributed by atoms with Gasteiger partial charge in [0.15, 0.2) is 0 Å². The van der Waals surface area contributed by atoms with Crippen molar-refractivity contribution < 1.29 is 13.2 Å². The average Bonchev–Trinajstić information content (AvgIpc) is 2.91. The maximum absolute atomic E-state index is 13.0. The molecule has 3 aromatic carbocycles. The van der Waals surface area contributed by atoms with E-state index in [9.17, 15) is 13.2 Å². The molecule has 0 saturated heterocycles. The van der Waals surface area contributed by atoms with Gasteiger partial charge in [0, 0.05) is 41.7 Å². The van der Waals surface area contributed by atoms with Crippen molar-refractivity contribution in [1.29, 1.82) is 0 Å². The standard InChI is InChI=1S/C30H26ClF3N4/c1-35-13-3-2-6-21-7-4-8-22(14-21)15-24-11-12-26(31)17-27(24)28-18-29(38-20-37-28)36-19-23-9-5-10-25(16-23)30(32,33)34/h4-5,7-12,14,16-18,20,35H,3,13,15,19H2,1H3,(H,36,37,38). The monoisotopic (exact) mass is 534 g/mol. The molecule has 1 aromatic heterocycles. The Kier molecular flexibility index (Phi) is 9.01. The molecule has 194 valence electrons. The fraction of sp³-hybridized carbons (Fsp3) is 0.200. The second-order valence-electron chi connectivity index (χ2n) is 8.67. The van der Waals surface area contributed by atoms with Crippen LogP contribution in [0.4, 0.5) is 19.0 Å². The van der Waals surface area contributed by atoms with Gasteiger partial charge in [0.05, 0.1) is 11.3 Å². The Bertz CT molecular complexity index is 1460. The molecule has 0 unspecified atom stereocenters. The lowest BCUT2D eigenvalue weighted by molar-refractivity contribution is -0.137. The number of rotatable bonds is 8. The van der Waals surface area contributed by atoms with Gasteiger partial charge in [0.25, 0.3) is 0 Å². The number of anilines is 1. The van der Waals surface area contributed by atoms with Crippen LogP contribution in [0.5, 0.6) is 0 Å². The van der Waals surface area contributed by atoms with Gasteiger partial charge < -0.3 is 10.6 Å². The maximum Gasteiger partial charge on any atom is 0.416 e. The van der Waals surface area contributed by atoms with Crippen LogP contribution in [0.25, 0.3) is 11.3 Å². The predicted molar refractivity (Wildman–Crippen MR) is 146 cm³/mol. The summed E-state index contributed by atoms with van der Waals surface area (Å²) in [4.78, 5) is 8.69. The summed E-state index contributed by atoms with van der Waals surface area (Å²) in [5.41, 5.74) is 4.41. The third-order valence-corrected chi connectivity index (χ3v) is 6.03.